The molecule has 0 unspecified atom stereocenters. The predicted molar refractivity (Wildman–Crippen MR) is 137 cm³/mol. The maximum Gasteiger partial charge on any atom is 0.252 e. The van der Waals surface area contributed by atoms with E-state index in [2.05, 4.69) is 5.32 Å². The van der Waals surface area contributed by atoms with E-state index < -0.39 is 5.54 Å². The number of halogens is 1. The summed E-state index contributed by atoms with van der Waals surface area (Å²) in [7, 11) is 0. The summed E-state index contributed by atoms with van der Waals surface area (Å²) in [5.74, 6) is 0.336. The van der Waals surface area contributed by atoms with Crippen LogP contribution in [0.4, 0.5) is 4.39 Å². The molecule has 1 atom stereocenters. The van der Waals surface area contributed by atoms with Gasteiger partial charge in [-0.05, 0) is 35.9 Å². The second kappa shape index (κ2) is 12.1. The van der Waals surface area contributed by atoms with Crippen LogP contribution in [0.1, 0.15) is 29.5 Å². The smallest absolute Gasteiger partial charge is 0.252 e. The van der Waals surface area contributed by atoms with Gasteiger partial charge in [0.15, 0.2) is 5.54 Å². The number of amides is 1. The van der Waals surface area contributed by atoms with E-state index in [0.29, 0.717) is 36.7 Å². The fourth-order valence-corrected chi connectivity index (χ4v) is 3.79. The molecule has 0 saturated heterocycles. The minimum absolute atomic E-state index is 0.0559. The van der Waals surface area contributed by atoms with Gasteiger partial charge < -0.3 is 19.9 Å². The van der Waals surface area contributed by atoms with Crippen molar-refractivity contribution in [2.24, 2.45) is 4.99 Å². The molecule has 1 heterocycles. The van der Waals surface area contributed by atoms with Crippen LogP contribution in [0.15, 0.2) is 89.9 Å². The molecule has 7 heteroatoms. The van der Waals surface area contributed by atoms with E-state index in [1.54, 1.807) is 30.3 Å². The third kappa shape index (κ3) is 6.37. The number of carbonyl (C=O) groups excluding carboxylic acids is 1. The normalized spacial score (nSPS) is 17.0. The Balaban J connectivity index is 1.53. The van der Waals surface area contributed by atoms with Gasteiger partial charge in [-0.15, -0.1) is 0 Å². The summed E-state index contributed by atoms with van der Waals surface area (Å²) in [6, 6.07) is 23.4. The van der Waals surface area contributed by atoms with Crippen molar-refractivity contribution in [2.75, 3.05) is 19.8 Å². The monoisotopic (exact) mass is 488 g/mol. The average molecular weight is 489 g/mol. The Kier molecular flexibility index (Phi) is 8.47. The summed E-state index contributed by atoms with van der Waals surface area (Å²) in [5.41, 5.74) is 0.961. The summed E-state index contributed by atoms with van der Waals surface area (Å²) in [6.45, 7) is 0.620. The minimum atomic E-state index is -1.18. The van der Waals surface area contributed by atoms with E-state index >= 15 is 0 Å². The van der Waals surface area contributed by atoms with Gasteiger partial charge in [-0.2, -0.15) is 0 Å². The van der Waals surface area contributed by atoms with Gasteiger partial charge in [0, 0.05) is 37.1 Å². The Morgan fingerprint density at radius 2 is 1.83 bits per heavy atom. The van der Waals surface area contributed by atoms with Crippen LogP contribution in [0.5, 0.6) is 5.75 Å². The van der Waals surface area contributed by atoms with Crippen molar-refractivity contribution in [3.63, 3.8) is 0 Å². The molecule has 0 aliphatic carbocycles. The number of hydrogen-bond donors (Lipinski definition) is 2. The lowest BCUT2D eigenvalue weighted by Gasteiger charge is -2.21. The largest absolute Gasteiger partial charge is 0.494 e. The molecule has 2 N–H and O–H groups in total. The van der Waals surface area contributed by atoms with E-state index in [-0.39, 0.29) is 31.5 Å². The highest BCUT2D eigenvalue weighted by molar-refractivity contribution is 6.00. The third-order valence-corrected chi connectivity index (χ3v) is 5.82. The lowest BCUT2D eigenvalue weighted by Crippen LogP contribution is -2.46. The topological polar surface area (TPSA) is 80.2 Å². The maximum absolute atomic E-state index is 14.1. The summed E-state index contributed by atoms with van der Waals surface area (Å²) >= 11 is 0. The first kappa shape index (κ1) is 25.1. The summed E-state index contributed by atoms with van der Waals surface area (Å²) < 4.78 is 25.6. The van der Waals surface area contributed by atoms with Crippen molar-refractivity contribution in [1.29, 1.82) is 0 Å². The Morgan fingerprint density at radius 3 is 2.58 bits per heavy atom. The number of aliphatic hydroxyl groups excluding tert-OH is 1. The lowest BCUT2D eigenvalue weighted by atomic mass is 9.95. The van der Waals surface area contributed by atoms with Crippen LogP contribution >= 0.6 is 0 Å². The van der Waals surface area contributed by atoms with Gasteiger partial charge in [0.05, 0.1) is 6.61 Å². The van der Waals surface area contributed by atoms with E-state index in [1.807, 2.05) is 54.6 Å². The number of nitrogens with one attached hydrogen (secondary N) is 1. The number of ether oxygens (including phenoxy) is 2. The number of nitrogens with zero attached hydrogens (tertiary/aromatic N) is 1. The second-order valence-electron chi connectivity index (χ2n) is 8.48. The molecule has 0 radical (unpaired) electrons. The Labute approximate surface area is 210 Å². The molecule has 0 saturated carbocycles. The molecule has 6 nitrogen and oxygen atoms in total. The Morgan fingerprint density at radius 1 is 1.08 bits per heavy atom. The quantitative estimate of drug-likeness (QED) is 0.389. The van der Waals surface area contributed by atoms with Crippen molar-refractivity contribution < 1.29 is 23.8 Å². The van der Waals surface area contributed by atoms with Crippen LogP contribution in [0, 0.1) is 5.82 Å². The van der Waals surface area contributed by atoms with Crippen LogP contribution in [0.3, 0.4) is 0 Å². The van der Waals surface area contributed by atoms with Crippen LogP contribution in [0.25, 0.3) is 6.08 Å². The fourth-order valence-electron chi connectivity index (χ4n) is 3.79. The highest BCUT2D eigenvalue weighted by atomic mass is 19.1. The van der Waals surface area contributed by atoms with Gasteiger partial charge in [0.2, 0.25) is 5.90 Å². The maximum atomic E-state index is 14.1. The molecule has 1 aliphatic rings. The average Bonchev–Trinajstić information content (AvgIpc) is 3.35. The molecule has 3 aromatic rings. The molecule has 1 amide bonds. The zero-order chi connectivity index (χ0) is 25.2. The van der Waals surface area contributed by atoms with E-state index in [4.69, 9.17) is 19.6 Å². The van der Waals surface area contributed by atoms with Crippen LogP contribution in [-0.4, -0.2) is 42.3 Å². The van der Waals surface area contributed by atoms with Gasteiger partial charge in [0.25, 0.3) is 5.91 Å². The molecule has 36 heavy (non-hydrogen) atoms. The highest BCUT2D eigenvalue weighted by Gasteiger charge is 2.43. The second-order valence-corrected chi connectivity index (χ2v) is 8.48. The first-order valence-corrected chi connectivity index (χ1v) is 11.9. The lowest BCUT2D eigenvalue weighted by molar-refractivity contribution is -0.126. The molecule has 186 valence electrons. The van der Waals surface area contributed by atoms with Crippen LogP contribution < -0.4 is 10.1 Å². The van der Waals surface area contributed by atoms with Crippen molar-refractivity contribution in [3.05, 3.63) is 107 Å². The number of hydrogen-bond acceptors (Lipinski definition) is 5. The van der Waals surface area contributed by atoms with Crippen LogP contribution in [0.2, 0.25) is 0 Å². The van der Waals surface area contributed by atoms with E-state index in [1.165, 1.54) is 6.07 Å². The molecular weight excluding hydrogens is 459 g/mol. The number of aliphatic hydroxyl groups is 1. The Hall–Kier alpha value is -3.97. The van der Waals surface area contributed by atoms with Gasteiger partial charge in [0.1, 0.15) is 18.2 Å². The van der Waals surface area contributed by atoms with E-state index in [0.717, 1.165) is 11.1 Å². The molecule has 3 aromatic carbocycles. The molecule has 0 spiro atoms. The summed E-state index contributed by atoms with van der Waals surface area (Å²) in [4.78, 5) is 18.1. The van der Waals surface area contributed by atoms with Gasteiger partial charge in [-0.3, -0.25) is 4.79 Å². The third-order valence-electron chi connectivity index (χ3n) is 5.82. The fraction of sp³-hybridized carbons (Fsp3) is 0.241. The van der Waals surface area contributed by atoms with Crippen molar-refractivity contribution in [1.82, 2.24) is 5.32 Å². The van der Waals surface area contributed by atoms with Gasteiger partial charge in [-0.1, -0.05) is 60.7 Å². The van der Waals surface area contributed by atoms with Crippen molar-refractivity contribution >= 4 is 17.9 Å². The first-order valence-electron chi connectivity index (χ1n) is 11.9. The number of benzene rings is 3. The number of rotatable bonds is 11. The minimum Gasteiger partial charge on any atom is -0.494 e. The summed E-state index contributed by atoms with van der Waals surface area (Å²) in [6.07, 6.45) is 4.72. The van der Waals surface area contributed by atoms with Gasteiger partial charge in [-0.25, -0.2) is 9.38 Å². The Bertz CT molecular complexity index is 1210. The van der Waals surface area contributed by atoms with Crippen LogP contribution in [-0.2, 0) is 16.1 Å². The molecule has 4 rings (SSSR count). The van der Waals surface area contributed by atoms with E-state index in [9.17, 15) is 9.18 Å². The predicted octanol–water partition coefficient (Wildman–Crippen LogP) is 4.52. The number of carbonyl (C=O) groups is 1. The zero-order valence-corrected chi connectivity index (χ0v) is 19.9. The highest BCUT2D eigenvalue weighted by Crippen LogP contribution is 2.28. The van der Waals surface area contributed by atoms with Gasteiger partial charge >= 0.3 is 0 Å². The molecule has 1 aliphatic heterocycles. The summed E-state index contributed by atoms with van der Waals surface area (Å²) in [5, 5.41) is 11.7. The van der Waals surface area contributed by atoms with Crippen molar-refractivity contribution in [2.45, 2.75) is 24.9 Å². The molecular formula is C29H29FN2O4. The first-order chi connectivity index (χ1) is 17.6. The standard InChI is InChI=1S/C29H29FN2O4/c30-26-12-5-4-11-24(26)20-31-28(34)29(17-6-10-22-8-2-1-3-9-22)21-36-27(32-29)23-13-15-25(16-14-23)35-19-7-18-33/h1-6,8-16,33H,7,17-21H2,(H,31,34)/b10-6+/t29-/m1/s1. The number of aliphatic imine (C=N–C) groups is 1. The van der Waals surface area contributed by atoms with Crippen molar-refractivity contribution in [3.8, 4) is 5.75 Å². The SMILES string of the molecule is O=C(NCc1ccccc1F)[C@@]1(C/C=C/c2ccccc2)COC(c2ccc(OCCCO)cc2)=N1. The molecule has 0 bridgehead atoms. The molecule has 0 fully saturated rings. The zero-order valence-electron chi connectivity index (χ0n) is 19.9. The molecule has 0 aromatic heterocycles.